The van der Waals surface area contributed by atoms with Crippen LogP contribution >= 0.6 is 15.9 Å². The summed E-state index contributed by atoms with van der Waals surface area (Å²) >= 11 is 3.49. The minimum atomic E-state index is 0.732. The van der Waals surface area contributed by atoms with Crippen LogP contribution in [-0.4, -0.2) is 9.78 Å². The second-order valence-electron chi connectivity index (χ2n) is 4.74. The van der Waals surface area contributed by atoms with Crippen LogP contribution in [0.15, 0.2) is 42.5 Å². The monoisotopic (exact) mass is 330 g/mol. The van der Waals surface area contributed by atoms with E-state index in [0.717, 1.165) is 28.2 Å². The zero-order valence-corrected chi connectivity index (χ0v) is 13.0. The van der Waals surface area contributed by atoms with Gasteiger partial charge < -0.3 is 4.74 Å². The van der Waals surface area contributed by atoms with Crippen LogP contribution < -0.4 is 4.74 Å². The van der Waals surface area contributed by atoms with E-state index in [4.69, 9.17) is 4.74 Å². The van der Waals surface area contributed by atoms with Crippen LogP contribution in [0, 0.1) is 6.92 Å². The molecule has 0 amide bonds. The Morgan fingerprint density at radius 3 is 2.65 bits per heavy atom. The van der Waals surface area contributed by atoms with Crippen molar-refractivity contribution in [3.8, 4) is 11.6 Å². The van der Waals surface area contributed by atoms with E-state index in [-0.39, 0.29) is 0 Å². The average Bonchev–Trinajstić information content (AvgIpc) is 2.72. The van der Waals surface area contributed by atoms with Gasteiger partial charge in [0.15, 0.2) is 0 Å². The largest absolute Gasteiger partial charge is 0.439 e. The maximum atomic E-state index is 6.03. The molecule has 1 aromatic heterocycles. The van der Waals surface area contributed by atoms with Crippen molar-refractivity contribution in [1.82, 2.24) is 9.78 Å². The summed E-state index contributed by atoms with van der Waals surface area (Å²) in [5, 5.41) is 7.51. The van der Waals surface area contributed by atoms with Gasteiger partial charge in [-0.25, -0.2) is 4.68 Å². The van der Waals surface area contributed by atoms with Crippen molar-refractivity contribution in [2.75, 3.05) is 0 Å². The Balaban J connectivity index is 2.01. The van der Waals surface area contributed by atoms with E-state index in [2.05, 4.69) is 45.3 Å². The third-order valence-electron chi connectivity index (χ3n) is 3.36. The lowest BCUT2D eigenvalue weighted by molar-refractivity contribution is 0.428. The maximum absolute atomic E-state index is 6.03. The lowest BCUT2D eigenvalue weighted by atomic mass is 10.1. The number of hydrogen-bond donors (Lipinski definition) is 0. The minimum Gasteiger partial charge on any atom is -0.439 e. The van der Waals surface area contributed by atoms with E-state index in [0.29, 0.717) is 0 Å². The normalized spacial score (nSPS) is 10.9. The highest BCUT2D eigenvalue weighted by Crippen LogP contribution is 2.30. The predicted molar refractivity (Wildman–Crippen MR) is 84.6 cm³/mol. The summed E-state index contributed by atoms with van der Waals surface area (Å²) in [5.41, 5.74) is 2.07. The Kier molecular flexibility index (Phi) is 3.49. The highest BCUT2D eigenvalue weighted by Gasteiger charge is 2.14. The second-order valence-corrected chi connectivity index (χ2v) is 5.30. The summed E-state index contributed by atoms with van der Waals surface area (Å²) in [4.78, 5) is 0. The lowest BCUT2D eigenvalue weighted by Crippen LogP contribution is -1.96. The number of halogens is 1. The molecule has 20 heavy (non-hydrogen) atoms. The first-order valence-corrected chi connectivity index (χ1v) is 7.56. The Bertz CT molecular complexity index is 764. The van der Waals surface area contributed by atoms with E-state index in [1.807, 2.05) is 32.2 Å². The van der Waals surface area contributed by atoms with Crippen molar-refractivity contribution < 1.29 is 4.74 Å². The van der Waals surface area contributed by atoms with Gasteiger partial charge in [0.2, 0.25) is 5.88 Å². The number of aryl methyl sites for hydroxylation is 2. The summed E-state index contributed by atoms with van der Waals surface area (Å²) in [6, 6.07) is 14.4. The van der Waals surface area contributed by atoms with Gasteiger partial charge in [0.1, 0.15) is 5.75 Å². The molecule has 0 atom stereocenters. The zero-order valence-electron chi connectivity index (χ0n) is 11.4. The molecule has 0 unspecified atom stereocenters. The second kappa shape index (κ2) is 5.29. The third kappa shape index (κ3) is 2.31. The van der Waals surface area contributed by atoms with Crippen molar-refractivity contribution in [2.45, 2.75) is 12.3 Å². The molecular formula is C16H15BrN2O. The molecule has 0 spiro atoms. The van der Waals surface area contributed by atoms with Gasteiger partial charge >= 0.3 is 0 Å². The predicted octanol–water partition coefficient (Wildman–Crippen LogP) is 4.57. The highest BCUT2D eigenvalue weighted by atomic mass is 79.9. The van der Waals surface area contributed by atoms with E-state index < -0.39 is 0 Å². The topological polar surface area (TPSA) is 27.1 Å². The molecule has 0 bridgehead atoms. The molecule has 0 aliphatic rings. The molecule has 2 aromatic carbocycles. The number of hydrogen-bond acceptors (Lipinski definition) is 2. The van der Waals surface area contributed by atoms with Crippen molar-refractivity contribution in [3.63, 3.8) is 0 Å². The molecule has 0 fully saturated rings. The van der Waals surface area contributed by atoms with Crippen molar-refractivity contribution in [2.24, 2.45) is 7.05 Å². The molecule has 0 N–H and O–H groups in total. The summed E-state index contributed by atoms with van der Waals surface area (Å²) in [6.07, 6.45) is 0. The number of fused-ring (bicyclic) bond motifs is 1. The van der Waals surface area contributed by atoms with E-state index in [1.165, 1.54) is 10.8 Å². The Morgan fingerprint density at radius 2 is 1.90 bits per heavy atom. The van der Waals surface area contributed by atoms with Crippen LogP contribution in [0.3, 0.4) is 0 Å². The van der Waals surface area contributed by atoms with Gasteiger partial charge in [0, 0.05) is 17.9 Å². The first-order valence-electron chi connectivity index (χ1n) is 6.44. The summed E-state index contributed by atoms with van der Waals surface area (Å²) in [7, 11) is 1.90. The molecule has 3 nitrogen and oxygen atoms in total. The van der Waals surface area contributed by atoms with E-state index in [1.54, 1.807) is 4.68 Å². The van der Waals surface area contributed by atoms with Crippen LogP contribution in [0.5, 0.6) is 11.6 Å². The van der Waals surface area contributed by atoms with Crippen LogP contribution in [0.2, 0.25) is 0 Å². The van der Waals surface area contributed by atoms with E-state index in [9.17, 15) is 0 Å². The fourth-order valence-corrected chi connectivity index (χ4v) is 2.95. The molecule has 0 aliphatic heterocycles. The van der Waals surface area contributed by atoms with E-state index >= 15 is 0 Å². The number of nitrogens with zero attached hydrogens (tertiary/aromatic N) is 2. The lowest BCUT2D eigenvalue weighted by Gasteiger charge is -2.08. The number of benzene rings is 2. The quantitative estimate of drug-likeness (QED) is 0.658. The van der Waals surface area contributed by atoms with Crippen LogP contribution in [0.1, 0.15) is 11.3 Å². The fraction of sp³-hybridized carbons (Fsp3) is 0.188. The third-order valence-corrected chi connectivity index (χ3v) is 3.92. The summed E-state index contributed by atoms with van der Waals surface area (Å²) < 4.78 is 7.81. The number of alkyl halides is 1. The Hall–Kier alpha value is -1.81. The maximum Gasteiger partial charge on any atom is 0.221 e. The minimum absolute atomic E-state index is 0.732. The van der Waals surface area contributed by atoms with Gasteiger partial charge in [-0.2, -0.15) is 5.10 Å². The zero-order chi connectivity index (χ0) is 14.1. The van der Waals surface area contributed by atoms with Crippen LogP contribution in [0.25, 0.3) is 10.8 Å². The Labute approximate surface area is 126 Å². The number of aromatic nitrogens is 2. The first kappa shape index (κ1) is 13.2. The standard InChI is InChI=1S/C16H15BrN2O/c1-11-15(10-17)16(19(2)18-11)20-14-8-7-12-5-3-4-6-13(12)9-14/h3-9H,10H2,1-2H3. The molecule has 3 aromatic rings. The SMILES string of the molecule is Cc1nn(C)c(Oc2ccc3ccccc3c2)c1CBr. The molecule has 102 valence electrons. The molecule has 3 rings (SSSR count). The summed E-state index contributed by atoms with van der Waals surface area (Å²) in [5.74, 6) is 1.61. The Morgan fingerprint density at radius 1 is 1.15 bits per heavy atom. The van der Waals surface area contributed by atoms with Gasteiger partial charge in [0.25, 0.3) is 0 Å². The van der Waals surface area contributed by atoms with Gasteiger partial charge in [-0.05, 0) is 29.8 Å². The van der Waals surface area contributed by atoms with Crippen LogP contribution in [0.4, 0.5) is 0 Å². The number of rotatable bonds is 3. The molecule has 0 saturated heterocycles. The smallest absolute Gasteiger partial charge is 0.221 e. The first-order chi connectivity index (χ1) is 9.69. The van der Waals surface area contributed by atoms with Crippen LogP contribution in [-0.2, 0) is 12.4 Å². The van der Waals surface area contributed by atoms with Crippen molar-refractivity contribution in [3.05, 3.63) is 53.7 Å². The van der Waals surface area contributed by atoms with Gasteiger partial charge in [-0.3, -0.25) is 0 Å². The summed E-state index contributed by atoms with van der Waals surface area (Å²) in [6.45, 7) is 1.99. The van der Waals surface area contributed by atoms with Crippen molar-refractivity contribution in [1.29, 1.82) is 0 Å². The highest BCUT2D eigenvalue weighted by molar-refractivity contribution is 9.08. The van der Waals surface area contributed by atoms with Gasteiger partial charge in [-0.15, -0.1) is 0 Å². The van der Waals surface area contributed by atoms with Gasteiger partial charge in [-0.1, -0.05) is 46.3 Å². The molecule has 0 saturated carbocycles. The fourth-order valence-electron chi connectivity index (χ4n) is 2.30. The molecule has 4 heteroatoms. The molecule has 1 heterocycles. The molecule has 0 radical (unpaired) electrons. The van der Waals surface area contributed by atoms with Crippen molar-refractivity contribution >= 4 is 26.7 Å². The average molecular weight is 331 g/mol. The number of ether oxygens (including phenoxy) is 1. The molecule has 0 aliphatic carbocycles. The molecular weight excluding hydrogens is 316 g/mol. The van der Waals surface area contributed by atoms with Gasteiger partial charge in [0.05, 0.1) is 5.69 Å².